The molecule has 0 spiro atoms. The topological polar surface area (TPSA) is 23.8 Å². The van der Waals surface area contributed by atoms with E-state index in [4.69, 9.17) is 5.26 Å². The highest BCUT2D eigenvalue weighted by atomic mass is 14.2. The van der Waals surface area contributed by atoms with Crippen LogP contribution in [0.5, 0.6) is 0 Å². The Bertz CT molecular complexity index is 182. The van der Waals surface area contributed by atoms with E-state index >= 15 is 0 Å². The molecule has 0 rings (SSSR count). The Balaban J connectivity index is 3.81. The van der Waals surface area contributed by atoms with Crippen LogP contribution in [0.2, 0.25) is 0 Å². The Morgan fingerprint density at radius 1 is 1.45 bits per heavy atom. The summed E-state index contributed by atoms with van der Waals surface area (Å²) in [6, 6.07) is 1.98. The largest absolute Gasteiger partial charge is 0.193 e. The molecule has 11 heavy (non-hydrogen) atoms. The number of hydrogen-bond acceptors (Lipinski definition) is 1. The van der Waals surface area contributed by atoms with Crippen LogP contribution in [-0.4, -0.2) is 0 Å². The molecule has 0 radical (unpaired) electrons. The molecule has 0 fully saturated rings. The van der Waals surface area contributed by atoms with Crippen LogP contribution in [0.4, 0.5) is 0 Å². The van der Waals surface area contributed by atoms with Gasteiger partial charge in [0.15, 0.2) is 0 Å². The van der Waals surface area contributed by atoms with Gasteiger partial charge in [-0.3, -0.25) is 0 Å². The van der Waals surface area contributed by atoms with Crippen molar-refractivity contribution >= 4 is 0 Å². The maximum absolute atomic E-state index is 8.23. The average molecular weight is 149 g/mol. The Kier molecular flexibility index (Phi) is 6.42. The zero-order chi connectivity index (χ0) is 8.53. The second-order valence-corrected chi connectivity index (χ2v) is 2.36. The van der Waals surface area contributed by atoms with Crippen molar-refractivity contribution in [2.24, 2.45) is 0 Å². The van der Waals surface area contributed by atoms with Gasteiger partial charge in [-0.2, -0.15) is 5.26 Å². The third-order valence-corrected chi connectivity index (χ3v) is 1.52. The molecule has 0 unspecified atom stereocenters. The number of allylic oxidation sites excluding steroid dienone is 4. The van der Waals surface area contributed by atoms with Crippen molar-refractivity contribution in [3.05, 3.63) is 23.8 Å². The maximum atomic E-state index is 8.23. The van der Waals surface area contributed by atoms with Crippen molar-refractivity contribution in [1.82, 2.24) is 0 Å². The van der Waals surface area contributed by atoms with Crippen LogP contribution < -0.4 is 0 Å². The summed E-state index contributed by atoms with van der Waals surface area (Å²) >= 11 is 0. The predicted molar refractivity (Wildman–Crippen MR) is 48.0 cm³/mol. The summed E-state index contributed by atoms with van der Waals surface area (Å²) in [6.07, 6.45) is 8.77. The highest BCUT2D eigenvalue weighted by molar-refractivity contribution is 5.11. The van der Waals surface area contributed by atoms with Crippen molar-refractivity contribution < 1.29 is 0 Å². The molecule has 1 nitrogen and oxygen atoms in total. The highest BCUT2D eigenvalue weighted by Crippen LogP contribution is 2.07. The van der Waals surface area contributed by atoms with Crippen LogP contribution in [0.1, 0.15) is 33.1 Å². The molecule has 0 heterocycles. The van der Waals surface area contributed by atoms with Gasteiger partial charge in [-0.25, -0.2) is 0 Å². The SMILES string of the molecule is CC/C=C(\CC)C/C=C\C#N. The van der Waals surface area contributed by atoms with Crippen LogP contribution in [0.3, 0.4) is 0 Å². The van der Waals surface area contributed by atoms with Gasteiger partial charge in [0.25, 0.3) is 0 Å². The van der Waals surface area contributed by atoms with Crippen molar-refractivity contribution in [3.8, 4) is 6.07 Å². The highest BCUT2D eigenvalue weighted by Gasteiger charge is 1.87. The molecule has 60 valence electrons. The van der Waals surface area contributed by atoms with Gasteiger partial charge in [-0.15, -0.1) is 0 Å². The third kappa shape index (κ3) is 5.42. The Morgan fingerprint density at radius 3 is 2.64 bits per heavy atom. The molecule has 0 aromatic heterocycles. The fourth-order valence-corrected chi connectivity index (χ4v) is 0.924. The molecular weight excluding hydrogens is 134 g/mol. The lowest BCUT2D eigenvalue weighted by molar-refractivity contribution is 1.00. The number of hydrogen-bond donors (Lipinski definition) is 0. The predicted octanol–water partition coefficient (Wildman–Crippen LogP) is 3.20. The molecule has 0 atom stereocenters. The Morgan fingerprint density at radius 2 is 2.18 bits per heavy atom. The van der Waals surface area contributed by atoms with Gasteiger partial charge in [0.2, 0.25) is 0 Å². The van der Waals surface area contributed by atoms with Crippen molar-refractivity contribution in [2.45, 2.75) is 33.1 Å². The van der Waals surface area contributed by atoms with E-state index in [0.717, 1.165) is 19.3 Å². The Labute approximate surface area is 69.0 Å². The van der Waals surface area contributed by atoms with E-state index in [1.54, 1.807) is 6.08 Å². The van der Waals surface area contributed by atoms with Gasteiger partial charge in [0.1, 0.15) is 0 Å². The fraction of sp³-hybridized carbons (Fsp3) is 0.500. The summed E-state index contributed by atoms with van der Waals surface area (Å²) in [6.45, 7) is 4.27. The first-order valence-electron chi connectivity index (χ1n) is 4.07. The summed E-state index contributed by atoms with van der Waals surface area (Å²) in [7, 11) is 0. The molecule has 0 aliphatic rings. The molecule has 0 aliphatic carbocycles. The second-order valence-electron chi connectivity index (χ2n) is 2.36. The van der Waals surface area contributed by atoms with E-state index in [0.29, 0.717) is 0 Å². The van der Waals surface area contributed by atoms with Gasteiger partial charge in [0.05, 0.1) is 6.07 Å². The van der Waals surface area contributed by atoms with E-state index in [1.165, 1.54) is 5.57 Å². The lowest BCUT2D eigenvalue weighted by Gasteiger charge is -1.97. The van der Waals surface area contributed by atoms with Crippen molar-refractivity contribution in [1.29, 1.82) is 5.26 Å². The van der Waals surface area contributed by atoms with Crippen LogP contribution in [0.15, 0.2) is 23.8 Å². The standard InChI is InChI=1S/C10H15N/c1-3-7-10(4-2)8-5-6-9-11/h5-7H,3-4,8H2,1-2H3/b6-5-,10-7+. The minimum atomic E-state index is 0.928. The molecule has 0 N–H and O–H groups in total. The van der Waals surface area contributed by atoms with E-state index < -0.39 is 0 Å². The maximum Gasteiger partial charge on any atom is 0.0908 e. The van der Waals surface area contributed by atoms with Crippen molar-refractivity contribution in [3.63, 3.8) is 0 Å². The number of nitrogens with zero attached hydrogens (tertiary/aromatic N) is 1. The molecule has 0 aromatic carbocycles. The summed E-state index contributed by atoms with van der Waals surface area (Å²) in [5.41, 5.74) is 1.42. The monoisotopic (exact) mass is 149 g/mol. The van der Waals surface area contributed by atoms with E-state index in [1.807, 2.05) is 12.1 Å². The summed E-state index contributed by atoms with van der Waals surface area (Å²) < 4.78 is 0. The molecular formula is C10H15N. The third-order valence-electron chi connectivity index (χ3n) is 1.52. The molecule has 0 saturated carbocycles. The van der Waals surface area contributed by atoms with E-state index in [9.17, 15) is 0 Å². The normalized spacial score (nSPS) is 11.9. The van der Waals surface area contributed by atoms with Gasteiger partial charge in [0, 0.05) is 6.08 Å². The lowest BCUT2D eigenvalue weighted by Crippen LogP contribution is -1.77. The van der Waals surface area contributed by atoms with Crippen LogP contribution in [0, 0.1) is 11.3 Å². The molecule has 0 amide bonds. The quantitative estimate of drug-likeness (QED) is 0.445. The minimum Gasteiger partial charge on any atom is -0.193 e. The summed E-state index contributed by atoms with van der Waals surface area (Å²) in [5.74, 6) is 0. The first kappa shape index (κ1) is 9.97. The molecule has 0 saturated heterocycles. The zero-order valence-electron chi connectivity index (χ0n) is 7.30. The molecule has 0 aliphatic heterocycles. The Hall–Kier alpha value is -1.03. The molecule has 0 aromatic rings. The van der Waals surface area contributed by atoms with Crippen LogP contribution in [-0.2, 0) is 0 Å². The van der Waals surface area contributed by atoms with Gasteiger partial charge < -0.3 is 0 Å². The van der Waals surface area contributed by atoms with Gasteiger partial charge in [-0.1, -0.05) is 31.6 Å². The molecule has 1 heteroatoms. The van der Waals surface area contributed by atoms with Crippen LogP contribution >= 0.6 is 0 Å². The van der Waals surface area contributed by atoms with E-state index in [2.05, 4.69) is 19.9 Å². The number of rotatable bonds is 4. The second kappa shape index (κ2) is 7.08. The number of nitriles is 1. The molecule has 0 bridgehead atoms. The average Bonchev–Trinajstić information content (AvgIpc) is 2.03. The van der Waals surface area contributed by atoms with Gasteiger partial charge in [-0.05, 0) is 19.3 Å². The first-order valence-corrected chi connectivity index (χ1v) is 4.07. The lowest BCUT2D eigenvalue weighted by atomic mass is 10.1. The minimum absolute atomic E-state index is 0.928. The summed E-state index contributed by atoms with van der Waals surface area (Å²) in [5, 5.41) is 8.23. The summed E-state index contributed by atoms with van der Waals surface area (Å²) in [4.78, 5) is 0. The van der Waals surface area contributed by atoms with Crippen molar-refractivity contribution in [2.75, 3.05) is 0 Å². The van der Waals surface area contributed by atoms with E-state index in [-0.39, 0.29) is 0 Å². The fourth-order valence-electron chi connectivity index (χ4n) is 0.924. The smallest absolute Gasteiger partial charge is 0.0908 e. The van der Waals surface area contributed by atoms with Gasteiger partial charge >= 0.3 is 0 Å². The zero-order valence-corrected chi connectivity index (χ0v) is 7.30. The first-order chi connectivity index (χ1) is 5.35. The van der Waals surface area contributed by atoms with Crippen LogP contribution in [0.25, 0.3) is 0 Å².